The van der Waals surface area contributed by atoms with Gasteiger partial charge in [0.1, 0.15) is 6.04 Å². The Bertz CT molecular complexity index is 1460. The zero-order chi connectivity index (χ0) is 31.1. The molecular weight excluding hydrogens is 598 g/mol. The quantitative estimate of drug-likeness (QED) is 0.241. The molecule has 1 N–H and O–H groups in total. The normalized spacial score (nSPS) is 17.6. The fourth-order valence-corrected chi connectivity index (χ4v) is 6.13. The van der Waals surface area contributed by atoms with Gasteiger partial charge in [-0.25, -0.2) is 4.79 Å². The van der Waals surface area contributed by atoms with E-state index in [4.69, 9.17) is 28.6 Å². The average Bonchev–Trinajstić information content (AvgIpc) is 3.26. The Morgan fingerprint density at radius 1 is 0.909 bits per heavy atom. The number of piperazine rings is 1. The van der Waals surface area contributed by atoms with Crippen LogP contribution in [-0.2, 0) is 20.9 Å². The van der Waals surface area contributed by atoms with Crippen molar-refractivity contribution in [3.05, 3.63) is 95.0 Å². The van der Waals surface area contributed by atoms with Crippen LogP contribution in [0.1, 0.15) is 28.8 Å². The summed E-state index contributed by atoms with van der Waals surface area (Å²) in [4.78, 5) is 46.9. The molecule has 2 saturated heterocycles. The van der Waals surface area contributed by atoms with Crippen LogP contribution in [0.4, 0.5) is 11.4 Å². The van der Waals surface area contributed by atoms with E-state index in [-0.39, 0.29) is 18.2 Å². The molecule has 0 spiro atoms. The van der Waals surface area contributed by atoms with Crippen LogP contribution in [0.5, 0.6) is 0 Å². The van der Waals surface area contributed by atoms with Gasteiger partial charge in [0.2, 0.25) is 5.91 Å². The lowest BCUT2D eigenvalue weighted by molar-refractivity contribution is -0.124. The molecule has 2 aliphatic heterocycles. The number of hydrogen-bond acceptors (Lipinski definition) is 7. The Labute approximate surface area is 268 Å². The van der Waals surface area contributed by atoms with E-state index in [9.17, 15) is 14.4 Å². The number of anilines is 2. The first kappa shape index (κ1) is 31.6. The molecule has 11 heteroatoms. The third kappa shape index (κ3) is 7.81. The lowest BCUT2D eigenvalue weighted by Gasteiger charge is -2.35. The van der Waals surface area contributed by atoms with Crippen LogP contribution in [0.25, 0.3) is 0 Å². The Balaban J connectivity index is 1.20. The molecule has 0 unspecified atom stereocenters. The Morgan fingerprint density at radius 3 is 2.23 bits per heavy atom. The minimum atomic E-state index is -0.741. The van der Waals surface area contributed by atoms with E-state index >= 15 is 0 Å². The number of ether oxygens (including phenoxy) is 1. The van der Waals surface area contributed by atoms with Gasteiger partial charge in [-0.15, -0.1) is 0 Å². The van der Waals surface area contributed by atoms with Gasteiger partial charge in [-0.2, -0.15) is 0 Å². The van der Waals surface area contributed by atoms with Crippen molar-refractivity contribution in [2.24, 2.45) is 0 Å². The summed E-state index contributed by atoms with van der Waals surface area (Å²) in [5.41, 5.74) is 2.84. The van der Waals surface area contributed by atoms with Gasteiger partial charge < -0.3 is 19.9 Å². The molecule has 2 heterocycles. The van der Waals surface area contributed by atoms with Crippen molar-refractivity contribution in [1.29, 1.82) is 0 Å². The second kappa shape index (κ2) is 14.8. The van der Waals surface area contributed by atoms with E-state index in [0.29, 0.717) is 33.6 Å². The topological polar surface area (TPSA) is 85.4 Å². The van der Waals surface area contributed by atoms with Crippen molar-refractivity contribution in [2.75, 3.05) is 56.6 Å². The molecule has 3 aromatic rings. The summed E-state index contributed by atoms with van der Waals surface area (Å²) < 4.78 is 4.73. The average molecular weight is 634 g/mol. The van der Waals surface area contributed by atoms with Gasteiger partial charge in [0, 0.05) is 50.0 Å². The SMILES string of the molecule is COC(=O)c1ccc(NC(=O)C[C@H]2C(=O)N(c3ccc(Cl)cc3)C(=S)N2CCCN2CCN(Cc3ccccc3)CC2)cc1. The number of methoxy groups -OCH3 is 1. The maximum Gasteiger partial charge on any atom is 0.337 e. The Kier molecular flexibility index (Phi) is 10.6. The van der Waals surface area contributed by atoms with E-state index in [1.165, 1.54) is 17.6 Å². The molecule has 5 rings (SSSR count). The monoisotopic (exact) mass is 633 g/mol. The van der Waals surface area contributed by atoms with E-state index in [1.807, 2.05) is 11.0 Å². The molecule has 2 aliphatic rings. The molecule has 2 fully saturated rings. The van der Waals surface area contributed by atoms with Crippen molar-refractivity contribution in [3.63, 3.8) is 0 Å². The highest BCUT2D eigenvalue weighted by atomic mass is 35.5. The van der Waals surface area contributed by atoms with Crippen molar-refractivity contribution in [1.82, 2.24) is 14.7 Å². The molecule has 0 radical (unpaired) electrons. The van der Waals surface area contributed by atoms with E-state index in [1.54, 1.807) is 48.5 Å². The molecule has 0 bridgehead atoms. The minimum absolute atomic E-state index is 0.0695. The second-order valence-electron chi connectivity index (χ2n) is 10.9. The molecule has 2 amide bonds. The fraction of sp³-hybridized carbons (Fsp3) is 0.333. The van der Waals surface area contributed by atoms with Crippen molar-refractivity contribution in [3.8, 4) is 0 Å². The van der Waals surface area contributed by atoms with Crippen molar-refractivity contribution >= 4 is 58.1 Å². The number of esters is 1. The van der Waals surface area contributed by atoms with E-state index in [2.05, 4.69) is 39.4 Å². The fourth-order valence-electron chi connectivity index (χ4n) is 5.59. The first-order valence-electron chi connectivity index (χ1n) is 14.7. The summed E-state index contributed by atoms with van der Waals surface area (Å²) in [6, 6.07) is 23.1. The van der Waals surface area contributed by atoms with Crippen LogP contribution >= 0.6 is 23.8 Å². The number of nitrogens with zero attached hydrogens (tertiary/aromatic N) is 4. The van der Waals surface area contributed by atoms with Gasteiger partial charge in [0.15, 0.2) is 5.11 Å². The first-order chi connectivity index (χ1) is 21.3. The summed E-state index contributed by atoms with van der Waals surface area (Å²) in [5.74, 6) is -1.03. The standard InChI is InChI=1S/C33H36ClN5O4S/c1-43-32(42)25-8-12-27(13-9-25)35-30(40)22-29-31(41)39(28-14-10-26(34)11-15-28)33(44)38(29)17-5-16-36-18-20-37(21-19-36)23-24-6-3-2-4-7-24/h2-4,6-15,29H,5,16-23H2,1H3,(H,35,40)/t29-/m0/s1. The lowest BCUT2D eigenvalue weighted by atomic mass is 10.1. The number of halogens is 1. The zero-order valence-corrected chi connectivity index (χ0v) is 26.2. The first-order valence-corrected chi connectivity index (χ1v) is 15.5. The zero-order valence-electron chi connectivity index (χ0n) is 24.7. The molecule has 3 aromatic carbocycles. The highest BCUT2D eigenvalue weighted by molar-refractivity contribution is 7.80. The number of benzene rings is 3. The maximum absolute atomic E-state index is 13.7. The predicted octanol–water partition coefficient (Wildman–Crippen LogP) is 4.67. The van der Waals surface area contributed by atoms with E-state index < -0.39 is 12.0 Å². The smallest absolute Gasteiger partial charge is 0.337 e. The van der Waals surface area contributed by atoms with Crippen LogP contribution < -0.4 is 10.2 Å². The second-order valence-corrected chi connectivity index (χ2v) is 11.7. The largest absolute Gasteiger partial charge is 0.465 e. The molecule has 0 saturated carbocycles. The summed E-state index contributed by atoms with van der Waals surface area (Å²) >= 11 is 11.9. The Hall–Kier alpha value is -3.83. The number of amides is 2. The van der Waals surface area contributed by atoms with E-state index in [0.717, 1.165) is 45.7 Å². The van der Waals surface area contributed by atoms with Gasteiger partial charge in [-0.1, -0.05) is 41.9 Å². The van der Waals surface area contributed by atoms with Gasteiger partial charge in [0.05, 0.1) is 24.8 Å². The molecule has 0 aromatic heterocycles. The number of nitrogens with one attached hydrogen (secondary N) is 1. The number of carbonyl (C=O) groups excluding carboxylic acids is 3. The van der Waals surface area contributed by atoms with Crippen LogP contribution in [0.3, 0.4) is 0 Å². The molecule has 1 atom stereocenters. The number of thiocarbonyl (C=S) groups is 1. The summed E-state index contributed by atoms with van der Waals surface area (Å²) in [6.07, 6.45) is 0.730. The number of rotatable bonds is 11. The summed E-state index contributed by atoms with van der Waals surface area (Å²) in [7, 11) is 1.31. The lowest BCUT2D eigenvalue weighted by Crippen LogP contribution is -2.47. The maximum atomic E-state index is 13.7. The third-order valence-corrected chi connectivity index (χ3v) is 8.63. The van der Waals surface area contributed by atoms with Gasteiger partial charge >= 0.3 is 5.97 Å². The molecule has 44 heavy (non-hydrogen) atoms. The molecule has 230 valence electrons. The minimum Gasteiger partial charge on any atom is -0.465 e. The van der Waals surface area contributed by atoms with Gasteiger partial charge in [-0.3, -0.25) is 19.4 Å². The molecular formula is C33H36ClN5O4S. The summed E-state index contributed by atoms with van der Waals surface area (Å²) in [5, 5.41) is 3.77. The number of carbonyl (C=O) groups is 3. The highest BCUT2D eigenvalue weighted by Gasteiger charge is 2.44. The van der Waals surface area contributed by atoms with Crippen molar-refractivity contribution in [2.45, 2.75) is 25.4 Å². The third-order valence-electron chi connectivity index (χ3n) is 7.96. The van der Waals surface area contributed by atoms with Gasteiger partial charge in [0.25, 0.3) is 5.91 Å². The number of hydrogen-bond donors (Lipinski definition) is 1. The van der Waals surface area contributed by atoms with Crippen LogP contribution in [-0.4, -0.2) is 90.0 Å². The molecule has 0 aliphatic carbocycles. The van der Waals surface area contributed by atoms with Gasteiger partial charge in [-0.05, 0) is 79.3 Å². The predicted molar refractivity (Wildman–Crippen MR) is 176 cm³/mol. The van der Waals surface area contributed by atoms with Crippen molar-refractivity contribution < 1.29 is 19.1 Å². The summed E-state index contributed by atoms with van der Waals surface area (Å²) in [6.45, 7) is 6.34. The molecule has 9 nitrogen and oxygen atoms in total. The van der Waals surface area contributed by atoms with Crippen LogP contribution in [0.15, 0.2) is 78.9 Å². The van der Waals surface area contributed by atoms with Crippen LogP contribution in [0, 0.1) is 0 Å². The highest BCUT2D eigenvalue weighted by Crippen LogP contribution is 2.29. The Morgan fingerprint density at radius 2 is 1.57 bits per heavy atom. The van der Waals surface area contributed by atoms with Crippen LogP contribution in [0.2, 0.25) is 5.02 Å².